The Morgan fingerprint density at radius 2 is 1.85 bits per heavy atom. The first-order valence-electron chi connectivity index (χ1n) is 6.08. The molecular weight excluding hydrogens is 295 g/mol. The molecule has 5 heteroatoms. The van der Waals surface area contributed by atoms with Crippen LogP contribution in [0.5, 0.6) is 0 Å². The zero-order valence-corrected chi connectivity index (χ0v) is 12.0. The number of hydrogen-bond acceptors (Lipinski definition) is 3. The summed E-state index contributed by atoms with van der Waals surface area (Å²) < 4.78 is 14.8. The predicted molar refractivity (Wildman–Crippen MR) is 82.4 cm³/mol. The average molecular weight is 307 g/mol. The van der Waals surface area contributed by atoms with Gasteiger partial charge in [-0.25, -0.2) is 9.82 Å². The molecule has 0 aliphatic heterocycles. The van der Waals surface area contributed by atoms with E-state index in [0.29, 0.717) is 5.56 Å². The molecule has 1 unspecified atom stereocenters. The maximum Gasteiger partial charge on any atom is 0.142 e. The fourth-order valence-corrected chi connectivity index (χ4v) is 3.51. The Balaban J connectivity index is 2.19. The maximum atomic E-state index is 13.6. The molecule has 0 fully saturated rings. The summed E-state index contributed by atoms with van der Waals surface area (Å²) in [6.07, 6.45) is 0. The molecule has 2 nitrogen and oxygen atoms in total. The molecule has 3 aromatic rings. The summed E-state index contributed by atoms with van der Waals surface area (Å²) in [4.78, 5) is 0. The molecule has 20 heavy (non-hydrogen) atoms. The predicted octanol–water partition coefficient (Wildman–Crippen LogP) is 4.25. The summed E-state index contributed by atoms with van der Waals surface area (Å²) in [6, 6.07) is 12.4. The standard InChI is InChI=1S/C15H12ClFN2S/c16-13-10(4-2-6-12(13)17)14(19-18)11-5-1-3-9-7-8-20-15(9)11/h1-8,14,19H,18H2. The van der Waals surface area contributed by atoms with Crippen LogP contribution >= 0.6 is 22.9 Å². The highest BCUT2D eigenvalue weighted by Gasteiger charge is 2.20. The normalized spacial score (nSPS) is 12.8. The van der Waals surface area contributed by atoms with Crippen LogP contribution in [0.3, 0.4) is 0 Å². The molecule has 2 aromatic carbocycles. The Morgan fingerprint density at radius 3 is 2.65 bits per heavy atom. The molecule has 0 saturated heterocycles. The average Bonchev–Trinajstić information content (AvgIpc) is 2.93. The Bertz CT molecular complexity index is 756. The van der Waals surface area contributed by atoms with Crippen molar-refractivity contribution in [2.24, 2.45) is 5.84 Å². The van der Waals surface area contributed by atoms with Gasteiger partial charge in [-0.05, 0) is 34.0 Å². The number of nitrogens with one attached hydrogen (secondary N) is 1. The Kier molecular flexibility index (Phi) is 3.72. The molecule has 1 aromatic heterocycles. The minimum Gasteiger partial charge on any atom is -0.271 e. The van der Waals surface area contributed by atoms with E-state index in [-0.39, 0.29) is 11.1 Å². The highest BCUT2D eigenvalue weighted by atomic mass is 35.5. The number of thiophene rings is 1. The third-order valence-corrected chi connectivity index (χ3v) is 4.66. The first kappa shape index (κ1) is 13.5. The highest BCUT2D eigenvalue weighted by molar-refractivity contribution is 7.17. The highest BCUT2D eigenvalue weighted by Crippen LogP contribution is 2.35. The second-order valence-corrected chi connectivity index (χ2v) is 5.72. The van der Waals surface area contributed by atoms with E-state index in [1.54, 1.807) is 23.5 Å². The first-order chi connectivity index (χ1) is 9.72. The van der Waals surface area contributed by atoms with E-state index in [9.17, 15) is 4.39 Å². The molecule has 3 rings (SSSR count). The molecule has 0 radical (unpaired) electrons. The van der Waals surface area contributed by atoms with E-state index in [1.165, 1.54) is 6.07 Å². The van der Waals surface area contributed by atoms with Gasteiger partial charge in [0, 0.05) is 4.70 Å². The number of hydrazine groups is 1. The first-order valence-corrected chi connectivity index (χ1v) is 7.34. The maximum absolute atomic E-state index is 13.6. The minimum absolute atomic E-state index is 0.101. The van der Waals surface area contributed by atoms with Crippen LogP contribution in [0.2, 0.25) is 5.02 Å². The molecule has 0 aliphatic carbocycles. The van der Waals surface area contributed by atoms with E-state index in [4.69, 9.17) is 17.4 Å². The summed E-state index contributed by atoms with van der Waals surface area (Å²) in [5.41, 5.74) is 4.37. The summed E-state index contributed by atoms with van der Waals surface area (Å²) in [7, 11) is 0. The van der Waals surface area contributed by atoms with Gasteiger partial charge in [-0.15, -0.1) is 11.3 Å². The van der Waals surface area contributed by atoms with Gasteiger partial charge in [-0.1, -0.05) is 41.9 Å². The van der Waals surface area contributed by atoms with Crippen LogP contribution in [0.4, 0.5) is 4.39 Å². The summed E-state index contributed by atoms with van der Waals surface area (Å²) in [6.45, 7) is 0. The molecular formula is C15H12ClFN2S. The van der Waals surface area contributed by atoms with E-state index >= 15 is 0 Å². The quantitative estimate of drug-likeness (QED) is 0.561. The monoisotopic (exact) mass is 306 g/mol. The molecule has 0 spiro atoms. The van der Waals surface area contributed by atoms with Gasteiger partial charge in [0.25, 0.3) is 0 Å². The van der Waals surface area contributed by atoms with Gasteiger partial charge in [0.1, 0.15) is 5.82 Å². The van der Waals surface area contributed by atoms with Crippen molar-refractivity contribution >= 4 is 33.0 Å². The molecule has 0 bridgehead atoms. The summed E-state index contributed by atoms with van der Waals surface area (Å²) in [5.74, 6) is 5.25. The van der Waals surface area contributed by atoms with Gasteiger partial charge in [0.05, 0.1) is 11.1 Å². The topological polar surface area (TPSA) is 38.0 Å². The number of benzene rings is 2. The van der Waals surface area contributed by atoms with Crippen molar-refractivity contribution in [3.63, 3.8) is 0 Å². The summed E-state index contributed by atoms with van der Waals surface area (Å²) in [5, 5.41) is 3.26. The van der Waals surface area contributed by atoms with Crippen molar-refractivity contribution in [1.82, 2.24) is 5.43 Å². The molecule has 0 aliphatic rings. The van der Waals surface area contributed by atoms with E-state index in [1.807, 2.05) is 29.6 Å². The van der Waals surface area contributed by atoms with E-state index < -0.39 is 5.82 Å². The zero-order chi connectivity index (χ0) is 14.1. The summed E-state index contributed by atoms with van der Waals surface area (Å²) >= 11 is 7.70. The smallest absolute Gasteiger partial charge is 0.142 e. The Hall–Kier alpha value is -1.46. The van der Waals surface area contributed by atoms with Gasteiger partial charge < -0.3 is 0 Å². The van der Waals surface area contributed by atoms with Gasteiger partial charge in [0.15, 0.2) is 0 Å². The van der Waals surface area contributed by atoms with Crippen molar-refractivity contribution in [3.8, 4) is 0 Å². The minimum atomic E-state index is -0.442. The van der Waals surface area contributed by atoms with Crippen molar-refractivity contribution in [2.45, 2.75) is 6.04 Å². The number of rotatable bonds is 3. The van der Waals surface area contributed by atoms with Crippen LogP contribution < -0.4 is 11.3 Å². The SMILES string of the molecule is NNC(c1cccc(F)c1Cl)c1cccc2ccsc12. The van der Waals surface area contributed by atoms with Crippen LogP contribution in [0, 0.1) is 5.82 Å². The molecule has 102 valence electrons. The van der Waals surface area contributed by atoms with Crippen molar-refractivity contribution in [2.75, 3.05) is 0 Å². The lowest BCUT2D eigenvalue weighted by Gasteiger charge is -2.19. The van der Waals surface area contributed by atoms with Gasteiger partial charge >= 0.3 is 0 Å². The van der Waals surface area contributed by atoms with E-state index in [2.05, 4.69) is 5.43 Å². The second-order valence-electron chi connectivity index (χ2n) is 4.43. The number of fused-ring (bicyclic) bond motifs is 1. The fourth-order valence-electron chi connectivity index (χ4n) is 2.33. The third-order valence-electron chi connectivity index (χ3n) is 3.28. The number of halogens is 2. The van der Waals surface area contributed by atoms with Crippen molar-refractivity contribution < 1.29 is 4.39 Å². The number of nitrogens with two attached hydrogens (primary N) is 1. The van der Waals surface area contributed by atoms with Crippen LogP contribution in [0.25, 0.3) is 10.1 Å². The van der Waals surface area contributed by atoms with Gasteiger partial charge in [0.2, 0.25) is 0 Å². The lowest BCUT2D eigenvalue weighted by molar-refractivity contribution is 0.607. The molecule has 1 atom stereocenters. The van der Waals surface area contributed by atoms with Crippen molar-refractivity contribution in [3.05, 3.63) is 69.8 Å². The molecule has 3 N–H and O–H groups in total. The molecule has 0 amide bonds. The molecule has 1 heterocycles. The largest absolute Gasteiger partial charge is 0.271 e. The lowest BCUT2D eigenvalue weighted by atomic mass is 9.98. The third kappa shape index (κ3) is 2.21. The van der Waals surface area contributed by atoms with Crippen LogP contribution in [-0.2, 0) is 0 Å². The van der Waals surface area contributed by atoms with Gasteiger partial charge in [-0.2, -0.15) is 0 Å². The molecule has 0 saturated carbocycles. The zero-order valence-electron chi connectivity index (χ0n) is 10.4. The second kappa shape index (κ2) is 5.50. The Morgan fingerprint density at radius 1 is 1.10 bits per heavy atom. The van der Waals surface area contributed by atoms with Crippen molar-refractivity contribution in [1.29, 1.82) is 0 Å². The van der Waals surface area contributed by atoms with Gasteiger partial charge in [-0.3, -0.25) is 5.84 Å². The lowest BCUT2D eigenvalue weighted by Crippen LogP contribution is -2.29. The fraction of sp³-hybridized carbons (Fsp3) is 0.0667. The van der Waals surface area contributed by atoms with Crippen LogP contribution in [-0.4, -0.2) is 0 Å². The van der Waals surface area contributed by atoms with Crippen LogP contribution in [0.15, 0.2) is 47.8 Å². The Labute approximate surface area is 125 Å². The van der Waals surface area contributed by atoms with E-state index in [0.717, 1.165) is 15.6 Å². The van der Waals surface area contributed by atoms with Crippen LogP contribution in [0.1, 0.15) is 17.2 Å². The number of hydrogen-bond donors (Lipinski definition) is 2.